The van der Waals surface area contributed by atoms with E-state index in [-0.39, 0.29) is 48.1 Å². The Kier molecular flexibility index (Phi) is 7.34. The van der Waals surface area contributed by atoms with Crippen molar-refractivity contribution < 1.29 is 31.3 Å². The monoisotopic (exact) mass is 552 g/mol. The van der Waals surface area contributed by atoms with E-state index in [1.54, 1.807) is 21.7 Å². The van der Waals surface area contributed by atoms with E-state index in [4.69, 9.17) is 10.3 Å². The third-order valence-electron chi connectivity index (χ3n) is 7.20. The van der Waals surface area contributed by atoms with Gasteiger partial charge in [0.2, 0.25) is 11.8 Å². The Balaban J connectivity index is 1.19. The third kappa shape index (κ3) is 5.35. The molecular formula is C24H25F5N8O2. The number of halogens is 5. The average molecular weight is 553 g/mol. The second kappa shape index (κ2) is 10.7. The number of nitrogens with two attached hydrogens (primary N) is 1. The van der Waals surface area contributed by atoms with Gasteiger partial charge >= 0.3 is 12.4 Å². The molecule has 0 spiro atoms. The fourth-order valence-corrected chi connectivity index (χ4v) is 5.00. The van der Waals surface area contributed by atoms with E-state index >= 15 is 0 Å². The second-order valence-electron chi connectivity index (χ2n) is 9.61. The number of carbonyl (C=O) groups excluding carboxylic acids is 1. The third-order valence-corrected chi connectivity index (χ3v) is 7.20. The zero-order valence-electron chi connectivity index (χ0n) is 20.8. The smallest absolute Gasteiger partial charge is 0.324 e. The van der Waals surface area contributed by atoms with E-state index in [0.717, 1.165) is 6.07 Å². The molecule has 1 aromatic carbocycles. The van der Waals surface area contributed by atoms with Crippen molar-refractivity contribution in [1.29, 1.82) is 0 Å². The summed E-state index contributed by atoms with van der Waals surface area (Å²) in [6.45, 7) is 1.33. The molecule has 2 aliphatic rings. The first-order chi connectivity index (χ1) is 18.6. The molecule has 2 atom stereocenters. The van der Waals surface area contributed by atoms with Gasteiger partial charge in [-0.2, -0.15) is 4.98 Å². The molecule has 39 heavy (non-hydrogen) atoms. The van der Waals surface area contributed by atoms with Gasteiger partial charge in [-0.15, -0.1) is 0 Å². The zero-order chi connectivity index (χ0) is 27.8. The van der Waals surface area contributed by atoms with Gasteiger partial charge in [0.15, 0.2) is 11.6 Å². The number of carbonyl (C=O) groups is 1. The number of anilines is 2. The number of rotatable bonds is 6. The molecule has 208 valence electrons. The summed E-state index contributed by atoms with van der Waals surface area (Å²) in [6.07, 6.45) is 1.07. The number of alkyl halides is 2. The van der Waals surface area contributed by atoms with Gasteiger partial charge in [-0.25, -0.2) is 31.9 Å². The van der Waals surface area contributed by atoms with E-state index in [1.165, 1.54) is 12.4 Å². The Bertz CT molecular complexity index is 1330. The molecule has 15 heteroatoms. The number of aromatic nitrogens is 4. The molecular weight excluding hydrogens is 527 g/mol. The molecule has 0 saturated carbocycles. The van der Waals surface area contributed by atoms with Crippen LogP contribution in [0.1, 0.15) is 46.9 Å². The van der Waals surface area contributed by atoms with Crippen molar-refractivity contribution in [2.24, 2.45) is 5.73 Å². The lowest BCUT2D eigenvalue weighted by Gasteiger charge is -2.35. The van der Waals surface area contributed by atoms with Crippen LogP contribution in [-0.4, -0.2) is 76.2 Å². The van der Waals surface area contributed by atoms with Crippen LogP contribution in [0.2, 0.25) is 0 Å². The Hall–Kier alpha value is -3.88. The SMILES string of the molecule is CN(C(=O)c1cnc(N2CC(N)C(c3cc(F)c(F)cc3F)C2)nc1)C1CCN(c2nc(C(F)F)no2)CC1. The van der Waals surface area contributed by atoms with Crippen LogP contribution in [-0.2, 0) is 0 Å². The van der Waals surface area contributed by atoms with Gasteiger partial charge in [-0.05, 0) is 24.5 Å². The fraction of sp³-hybridized carbons (Fsp3) is 0.458. The molecule has 2 unspecified atom stereocenters. The van der Waals surface area contributed by atoms with Crippen LogP contribution in [0.3, 0.4) is 0 Å². The van der Waals surface area contributed by atoms with Crippen LogP contribution in [0, 0.1) is 17.5 Å². The highest BCUT2D eigenvalue weighted by molar-refractivity contribution is 5.93. The topological polar surface area (TPSA) is 118 Å². The van der Waals surface area contributed by atoms with Crippen molar-refractivity contribution in [2.75, 3.05) is 43.0 Å². The number of benzene rings is 1. The van der Waals surface area contributed by atoms with Crippen molar-refractivity contribution in [2.45, 2.75) is 37.3 Å². The fourth-order valence-electron chi connectivity index (χ4n) is 5.00. The lowest BCUT2D eigenvalue weighted by atomic mass is 9.94. The van der Waals surface area contributed by atoms with Gasteiger partial charge in [0.1, 0.15) is 5.82 Å². The first-order valence-corrected chi connectivity index (χ1v) is 12.2. The first-order valence-electron chi connectivity index (χ1n) is 12.2. The van der Waals surface area contributed by atoms with Crippen LogP contribution in [0.25, 0.3) is 0 Å². The van der Waals surface area contributed by atoms with Crippen molar-refractivity contribution >= 4 is 17.9 Å². The minimum absolute atomic E-state index is 0.0167. The Morgan fingerprint density at radius 3 is 2.36 bits per heavy atom. The number of hydrogen-bond donors (Lipinski definition) is 1. The van der Waals surface area contributed by atoms with Crippen molar-refractivity contribution in [1.82, 2.24) is 25.0 Å². The van der Waals surface area contributed by atoms with Crippen LogP contribution in [0.15, 0.2) is 29.0 Å². The second-order valence-corrected chi connectivity index (χ2v) is 9.61. The van der Waals surface area contributed by atoms with Gasteiger partial charge in [0.05, 0.1) is 5.56 Å². The highest BCUT2D eigenvalue weighted by Crippen LogP contribution is 2.31. The molecule has 0 aliphatic carbocycles. The number of hydrogen-bond acceptors (Lipinski definition) is 9. The molecule has 5 rings (SSSR count). The normalized spacial score (nSPS) is 20.2. The first kappa shape index (κ1) is 26.7. The molecule has 2 aliphatic heterocycles. The predicted octanol–water partition coefficient (Wildman–Crippen LogP) is 2.89. The van der Waals surface area contributed by atoms with Crippen LogP contribution in [0.4, 0.5) is 33.9 Å². The summed E-state index contributed by atoms with van der Waals surface area (Å²) in [5.41, 5.74) is 6.41. The maximum absolute atomic E-state index is 14.3. The zero-order valence-corrected chi connectivity index (χ0v) is 20.8. The summed E-state index contributed by atoms with van der Waals surface area (Å²) in [5, 5.41) is 3.27. The highest BCUT2D eigenvalue weighted by atomic mass is 19.3. The Labute approximate surface area is 219 Å². The summed E-state index contributed by atoms with van der Waals surface area (Å²) in [4.78, 5) is 30.3. The van der Waals surface area contributed by atoms with Gasteiger partial charge in [-0.3, -0.25) is 4.79 Å². The van der Waals surface area contributed by atoms with Crippen LogP contribution < -0.4 is 15.5 Å². The molecule has 2 fully saturated rings. The minimum Gasteiger partial charge on any atom is -0.339 e. The van der Waals surface area contributed by atoms with Crippen LogP contribution >= 0.6 is 0 Å². The van der Waals surface area contributed by atoms with Crippen molar-refractivity contribution in [3.63, 3.8) is 0 Å². The van der Waals surface area contributed by atoms with Gasteiger partial charge in [-0.1, -0.05) is 5.16 Å². The summed E-state index contributed by atoms with van der Waals surface area (Å²) in [5.74, 6) is -4.58. The Morgan fingerprint density at radius 2 is 1.72 bits per heavy atom. The lowest BCUT2D eigenvalue weighted by Crippen LogP contribution is -2.45. The predicted molar refractivity (Wildman–Crippen MR) is 128 cm³/mol. The summed E-state index contributed by atoms with van der Waals surface area (Å²) in [6, 6.07) is 0.670. The molecule has 2 aromatic heterocycles. The molecule has 2 saturated heterocycles. The van der Waals surface area contributed by atoms with Crippen molar-refractivity contribution in [3.05, 3.63) is 58.9 Å². The minimum atomic E-state index is -2.82. The van der Waals surface area contributed by atoms with E-state index in [1.807, 2.05) is 0 Å². The van der Waals surface area contributed by atoms with Gasteiger partial charge in [0, 0.05) is 69.7 Å². The van der Waals surface area contributed by atoms with Crippen molar-refractivity contribution in [3.8, 4) is 0 Å². The standard InChI is InChI=1S/C24H25F5N8O2/c1-35(13-2-4-36(5-3-13)24-33-21(20(28)29)34-39-24)22(38)12-8-31-23(32-9-12)37-10-15(19(30)11-37)14-6-17(26)18(27)7-16(14)25/h6-9,13,15,19-20H,2-5,10-11,30H2,1H3. The van der Waals surface area contributed by atoms with E-state index in [2.05, 4.69) is 20.1 Å². The van der Waals surface area contributed by atoms with Gasteiger partial charge in [0.25, 0.3) is 5.91 Å². The number of amides is 1. The molecule has 1 amide bonds. The van der Waals surface area contributed by atoms with E-state index in [0.29, 0.717) is 32.0 Å². The van der Waals surface area contributed by atoms with Crippen LogP contribution in [0.5, 0.6) is 0 Å². The summed E-state index contributed by atoms with van der Waals surface area (Å²) >= 11 is 0. The van der Waals surface area contributed by atoms with Gasteiger partial charge < -0.3 is 25.0 Å². The highest BCUT2D eigenvalue weighted by Gasteiger charge is 2.35. The maximum atomic E-state index is 14.3. The van der Waals surface area contributed by atoms with E-state index < -0.39 is 41.7 Å². The molecule has 0 bridgehead atoms. The maximum Gasteiger partial charge on any atom is 0.324 e. The number of nitrogens with zero attached hydrogens (tertiary/aromatic N) is 7. The largest absolute Gasteiger partial charge is 0.339 e. The molecule has 10 nitrogen and oxygen atoms in total. The summed E-state index contributed by atoms with van der Waals surface area (Å²) in [7, 11) is 1.67. The molecule has 0 radical (unpaired) electrons. The lowest BCUT2D eigenvalue weighted by molar-refractivity contribution is 0.0707. The average Bonchev–Trinajstić information content (AvgIpc) is 3.58. The summed E-state index contributed by atoms with van der Waals surface area (Å²) < 4.78 is 71.7. The molecule has 4 heterocycles. The number of piperidine rings is 1. The molecule has 3 aromatic rings. The van der Waals surface area contributed by atoms with E-state index in [9.17, 15) is 26.7 Å². The Morgan fingerprint density at radius 1 is 1.05 bits per heavy atom. The quantitative estimate of drug-likeness (QED) is 0.364. The molecule has 2 N–H and O–H groups in total.